The molecular formula is C23H22BrNO3. The number of amides is 1. The number of halogens is 1. The van der Waals surface area contributed by atoms with Crippen molar-refractivity contribution in [2.75, 3.05) is 19.0 Å². The molecule has 0 saturated heterocycles. The SMILES string of the molecule is COc1ccc(Br)cc1C(=O)Nc1ccc(OCCCc2ccccc2)cc1. The van der Waals surface area contributed by atoms with E-state index in [-0.39, 0.29) is 5.91 Å². The van der Waals surface area contributed by atoms with Crippen LogP contribution in [0.4, 0.5) is 5.69 Å². The molecule has 1 N–H and O–H groups in total. The number of carbonyl (C=O) groups excluding carboxylic acids is 1. The van der Waals surface area contributed by atoms with E-state index in [4.69, 9.17) is 9.47 Å². The Hall–Kier alpha value is -2.79. The van der Waals surface area contributed by atoms with Gasteiger partial charge in [0.1, 0.15) is 11.5 Å². The highest BCUT2D eigenvalue weighted by Gasteiger charge is 2.13. The highest BCUT2D eigenvalue weighted by atomic mass is 79.9. The lowest BCUT2D eigenvalue weighted by molar-refractivity contribution is 0.102. The fourth-order valence-corrected chi connectivity index (χ4v) is 3.16. The van der Waals surface area contributed by atoms with Gasteiger partial charge in [-0.15, -0.1) is 0 Å². The predicted molar refractivity (Wildman–Crippen MR) is 115 cm³/mol. The van der Waals surface area contributed by atoms with Crippen molar-refractivity contribution in [3.05, 3.63) is 88.4 Å². The molecular weight excluding hydrogens is 418 g/mol. The third kappa shape index (κ3) is 5.60. The van der Waals surface area contributed by atoms with Gasteiger partial charge < -0.3 is 14.8 Å². The van der Waals surface area contributed by atoms with Crippen LogP contribution in [0.2, 0.25) is 0 Å². The first-order valence-electron chi connectivity index (χ1n) is 9.07. The largest absolute Gasteiger partial charge is 0.496 e. The maximum atomic E-state index is 12.5. The quantitative estimate of drug-likeness (QED) is 0.456. The fraction of sp³-hybridized carbons (Fsp3) is 0.174. The Kier molecular flexibility index (Phi) is 7.09. The van der Waals surface area contributed by atoms with E-state index in [2.05, 4.69) is 33.4 Å². The van der Waals surface area contributed by atoms with Crippen LogP contribution >= 0.6 is 15.9 Å². The number of nitrogens with one attached hydrogen (secondary N) is 1. The smallest absolute Gasteiger partial charge is 0.259 e. The van der Waals surface area contributed by atoms with Crippen molar-refractivity contribution in [1.29, 1.82) is 0 Å². The van der Waals surface area contributed by atoms with Gasteiger partial charge in [0.05, 0.1) is 19.3 Å². The highest BCUT2D eigenvalue weighted by molar-refractivity contribution is 9.10. The first-order chi connectivity index (χ1) is 13.7. The predicted octanol–water partition coefficient (Wildman–Crippen LogP) is 5.72. The Balaban J connectivity index is 1.51. The standard InChI is InChI=1S/C23H22BrNO3/c1-27-22-14-9-18(24)16-21(22)23(26)25-19-10-12-20(13-11-19)28-15-5-8-17-6-3-2-4-7-17/h2-4,6-7,9-14,16H,5,8,15H2,1H3,(H,25,26). The molecule has 0 bridgehead atoms. The molecule has 3 aromatic rings. The first kappa shape index (κ1) is 20.0. The molecule has 0 heterocycles. The molecule has 0 aromatic heterocycles. The first-order valence-corrected chi connectivity index (χ1v) is 9.86. The van der Waals surface area contributed by atoms with Crippen LogP contribution in [0.15, 0.2) is 77.3 Å². The summed E-state index contributed by atoms with van der Waals surface area (Å²) in [6.45, 7) is 0.649. The van der Waals surface area contributed by atoms with Crippen molar-refractivity contribution in [3.63, 3.8) is 0 Å². The monoisotopic (exact) mass is 439 g/mol. The normalized spacial score (nSPS) is 10.4. The summed E-state index contributed by atoms with van der Waals surface area (Å²) in [5.74, 6) is 1.08. The maximum absolute atomic E-state index is 12.5. The number of hydrogen-bond donors (Lipinski definition) is 1. The summed E-state index contributed by atoms with van der Waals surface area (Å²) in [6, 6.07) is 23.1. The molecule has 28 heavy (non-hydrogen) atoms. The van der Waals surface area contributed by atoms with Crippen LogP contribution in [0.3, 0.4) is 0 Å². The molecule has 0 unspecified atom stereocenters. The highest BCUT2D eigenvalue weighted by Crippen LogP contribution is 2.24. The Morgan fingerprint density at radius 1 is 1.00 bits per heavy atom. The number of carbonyl (C=O) groups is 1. The lowest BCUT2D eigenvalue weighted by Gasteiger charge is -2.11. The zero-order valence-corrected chi connectivity index (χ0v) is 17.2. The molecule has 1 amide bonds. The van der Waals surface area contributed by atoms with E-state index in [9.17, 15) is 4.79 Å². The van der Waals surface area contributed by atoms with Gasteiger partial charge in [0.15, 0.2) is 0 Å². The number of benzene rings is 3. The van der Waals surface area contributed by atoms with Gasteiger partial charge in [-0.05, 0) is 60.9 Å². The van der Waals surface area contributed by atoms with E-state index in [1.165, 1.54) is 5.56 Å². The minimum absolute atomic E-state index is 0.227. The van der Waals surface area contributed by atoms with Crippen molar-refractivity contribution in [2.45, 2.75) is 12.8 Å². The summed E-state index contributed by atoms with van der Waals surface area (Å²) in [5, 5.41) is 2.88. The lowest BCUT2D eigenvalue weighted by Crippen LogP contribution is -2.13. The fourth-order valence-electron chi connectivity index (χ4n) is 2.80. The second-order valence-corrected chi connectivity index (χ2v) is 7.18. The Morgan fingerprint density at radius 3 is 2.46 bits per heavy atom. The number of methoxy groups -OCH3 is 1. The van der Waals surface area contributed by atoms with Gasteiger partial charge in [-0.3, -0.25) is 4.79 Å². The van der Waals surface area contributed by atoms with E-state index >= 15 is 0 Å². The third-order valence-corrected chi connectivity index (χ3v) is 4.73. The molecule has 0 saturated carbocycles. The summed E-state index contributed by atoms with van der Waals surface area (Å²) in [5.41, 5.74) is 2.48. The van der Waals surface area contributed by atoms with Crippen LogP contribution in [-0.4, -0.2) is 19.6 Å². The van der Waals surface area contributed by atoms with Crippen molar-refractivity contribution >= 4 is 27.5 Å². The molecule has 0 aliphatic heterocycles. The topological polar surface area (TPSA) is 47.6 Å². The Labute approximate surface area is 173 Å². The number of rotatable bonds is 8. The van der Waals surface area contributed by atoms with E-state index in [1.54, 1.807) is 19.2 Å². The van der Waals surface area contributed by atoms with Gasteiger partial charge in [-0.1, -0.05) is 46.3 Å². The number of aryl methyl sites for hydroxylation is 1. The van der Waals surface area contributed by atoms with Crippen LogP contribution in [0, 0.1) is 0 Å². The zero-order valence-electron chi connectivity index (χ0n) is 15.7. The lowest BCUT2D eigenvalue weighted by atomic mass is 10.1. The molecule has 0 aliphatic carbocycles. The zero-order chi connectivity index (χ0) is 19.8. The summed E-state index contributed by atoms with van der Waals surface area (Å²) < 4.78 is 11.9. The minimum Gasteiger partial charge on any atom is -0.496 e. The molecule has 0 spiro atoms. The molecule has 5 heteroatoms. The van der Waals surface area contributed by atoms with Crippen LogP contribution in [0.1, 0.15) is 22.3 Å². The van der Waals surface area contributed by atoms with E-state index in [1.807, 2.05) is 48.5 Å². The molecule has 0 radical (unpaired) electrons. The van der Waals surface area contributed by atoms with Gasteiger partial charge in [0.2, 0.25) is 0 Å². The minimum atomic E-state index is -0.227. The summed E-state index contributed by atoms with van der Waals surface area (Å²) in [7, 11) is 1.55. The third-order valence-electron chi connectivity index (χ3n) is 4.24. The van der Waals surface area contributed by atoms with Crippen molar-refractivity contribution in [2.24, 2.45) is 0 Å². The van der Waals surface area contributed by atoms with Gasteiger partial charge in [-0.25, -0.2) is 0 Å². The van der Waals surface area contributed by atoms with Crippen molar-refractivity contribution in [1.82, 2.24) is 0 Å². The Bertz CT molecular complexity index is 911. The number of ether oxygens (including phenoxy) is 2. The summed E-state index contributed by atoms with van der Waals surface area (Å²) in [6.07, 6.45) is 1.94. The number of hydrogen-bond acceptors (Lipinski definition) is 3. The molecule has 0 atom stereocenters. The Morgan fingerprint density at radius 2 is 1.75 bits per heavy atom. The summed E-state index contributed by atoms with van der Waals surface area (Å²) in [4.78, 5) is 12.5. The second kappa shape index (κ2) is 9.95. The maximum Gasteiger partial charge on any atom is 0.259 e. The molecule has 3 rings (SSSR count). The van der Waals surface area contributed by atoms with E-state index in [0.29, 0.717) is 23.6 Å². The van der Waals surface area contributed by atoms with E-state index in [0.717, 1.165) is 23.1 Å². The van der Waals surface area contributed by atoms with Gasteiger partial charge >= 0.3 is 0 Å². The van der Waals surface area contributed by atoms with Crippen LogP contribution in [-0.2, 0) is 6.42 Å². The van der Waals surface area contributed by atoms with Gasteiger partial charge in [-0.2, -0.15) is 0 Å². The molecule has 3 aromatic carbocycles. The van der Waals surface area contributed by atoms with Crippen LogP contribution in [0.5, 0.6) is 11.5 Å². The average molecular weight is 440 g/mol. The molecule has 0 fully saturated rings. The van der Waals surface area contributed by atoms with Crippen LogP contribution in [0.25, 0.3) is 0 Å². The van der Waals surface area contributed by atoms with Crippen molar-refractivity contribution < 1.29 is 14.3 Å². The second-order valence-electron chi connectivity index (χ2n) is 6.26. The molecule has 4 nitrogen and oxygen atoms in total. The van der Waals surface area contributed by atoms with Gasteiger partial charge in [0, 0.05) is 10.2 Å². The van der Waals surface area contributed by atoms with E-state index < -0.39 is 0 Å². The van der Waals surface area contributed by atoms with Crippen LogP contribution < -0.4 is 14.8 Å². The van der Waals surface area contributed by atoms with Crippen molar-refractivity contribution in [3.8, 4) is 11.5 Å². The van der Waals surface area contributed by atoms with Gasteiger partial charge in [0.25, 0.3) is 5.91 Å². The number of anilines is 1. The summed E-state index contributed by atoms with van der Waals surface area (Å²) >= 11 is 3.38. The average Bonchev–Trinajstić information content (AvgIpc) is 2.73. The molecule has 0 aliphatic rings. The molecule has 144 valence electrons.